The largest absolute Gasteiger partial charge is 0.464 e. The molecule has 3 nitrogen and oxygen atoms in total. The smallest absolute Gasteiger partial charge is 0.227 e. The van der Waals surface area contributed by atoms with Crippen LogP contribution in [0.1, 0.15) is 22.3 Å². The molecule has 0 fully saturated rings. The average molecular weight is 353 g/mol. The van der Waals surface area contributed by atoms with E-state index in [2.05, 4.69) is 50.4 Å². The molecule has 1 amide bonds. The fraction of sp³-hybridized carbons (Fsp3) is 0.286. The Morgan fingerprint density at radius 3 is 2.52 bits per heavy atom. The van der Waals surface area contributed by atoms with Gasteiger partial charge in [-0.25, -0.2) is 0 Å². The first kappa shape index (κ1) is 17.6. The SMILES string of the molecule is CSc1ccc(CN(C)C(=O)Cc2coc3c(C)c(C)ccc23)cc1. The molecule has 4 heteroatoms. The van der Waals surface area contributed by atoms with Gasteiger partial charge in [0.05, 0.1) is 12.7 Å². The lowest BCUT2D eigenvalue weighted by Crippen LogP contribution is -2.27. The summed E-state index contributed by atoms with van der Waals surface area (Å²) in [6, 6.07) is 12.5. The van der Waals surface area contributed by atoms with E-state index in [0.717, 1.165) is 27.7 Å². The van der Waals surface area contributed by atoms with Gasteiger partial charge in [0.15, 0.2) is 0 Å². The van der Waals surface area contributed by atoms with Crippen LogP contribution in [0.4, 0.5) is 0 Å². The summed E-state index contributed by atoms with van der Waals surface area (Å²) in [5.41, 5.74) is 5.31. The number of benzene rings is 2. The van der Waals surface area contributed by atoms with Crippen LogP contribution in [0.15, 0.2) is 52.0 Å². The Morgan fingerprint density at radius 1 is 1.12 bits per heavy atom. The fourth-order valence-electron chi connectivity index (χ4n) is 2.92. The topological polar surface area (TPSA) is 33.5 Å². The van der Waals surface area contributed by atoms with E-state index in [1.165, 1.54) is 10.5 Å². The van der Waals surface area contributed by atoms with E-state index < -0.39 is 0 Å². The minimum Gasteiger partial charge on any atom is -0.464 e. The van der Waals surface area contributed by atoms with Crippen molar-refractivity contribution in [3.05, 3.63) is 64.9 Å². The third kappa shape index (κ3) is 3.74. The summed E-state index contributed by atoms with van der Waals surface area (Å²) in [5.74, 6) is 0.0925. The molecular weight excluding hydrogens is 330 g/mol. The molecule has 1 aromatic heterocycles. The molecule has 130 valence electrons. The van der Waals surface area contributed by atoms with E-state index in [4.69, 9.17) is 4.42 Å². The van der Waals surface area contributed by atoms with Crippen LogP contribution in [0.25, 0.3) is 11.0 Å². The van der Waals surface area contributed by atoms with Crippen LogP contribution >= 0.6 is 11.8 Å². The number of likely N-dealkylation sites (N-methyl/N-ethyl adjacent to an activating group) is 1. The molecule has 0 atom stereocenters. The van der Waals surface area contributed by atoms with Crippen molar-refractivity contribution in [3.8, 4) is 0 Å². The van der Waals surface area contributed by atoms with Crippen molar-refractivity contribution < 1.29 is 9.21 Å². The second kappa shape index (κ2) is 7.36. The molecule has 0 saturated heterocycles. The van der Waals surface area contributed by atoms with E-state index in [0.29, 0.717) is 13.0 Å². The van der Waals surface area contributed by atoms with Crippen molar-refractivity contribution in [1.82, 2.24) is 4.90 Å². The molecular formula is C21H23NO2S. The molecule has 2 aromatic carbocycles. The van der Waals surface area contributed by atoms with Gasteiger partial charge in [0.2, 0.25) is 5.91 Å². The lowest BCUT2D eigenvalue weighted by Gasteiger charge is -2.17. The first-order valence-electron chi connectivity index (χ1n) is 8.32. The van der Waals surface area contributed by atoms with Gasteiger partial charge in [-0.15, -0.1) is 11.8 Å². The molecule has 0 N–H and O–H groups in total. The van der Waals surface area contributed by atoms with Crippen molar-refractivity contribution in [2.24, 2.45) is 0 Å². The number of hydrogen-bond donors (Lipinski definition) is 0. The number of aryl methyl sites for hydroxylation is 2. The first-order valence-corrected chi connectivity index (χ1v) is 9.55. The number of fused-ring (bicyclic) bond motifs is 1. The van der Waals surface area contributed by atoms with E-state index in [1.807, 2.05) is 13.1 Å². The zero-order valence-electron chi connectivity index (χ0n) is 15.1. The predicted octanol–water partition coefficient (Wildman–Crippen LogP) is 4.97. The van der Waals surface area contributed by atoms with Crippen molar-refractivity contribution in [2.45, 2.75) is 31.7 Å². The number of carbonyl (C=O) groups excluding carboxylic acids is 1. The summed E-state index contributed by atoms with van der Waals surface area (Å²) in [6.45, 7) is 4.73. The molecule has 0 spiro atoms. The number of nitrogens with zero attached hydrogens (tertiary/aromatic N) is 1. The predicted molar refractivity (Wildman–Crippen MR) is 104 cm³/mol. The third-order valence-electron chi connectivity index (χ3n) is 4.69. The first-order chi connectivity index (χ1) is 12.0. The summed E-state index contributed by atoms with van der Waals surface area (Å²) in [6.07, 6.45) is 4.13. The number of rotatable bonds is 5. The van der Waals surface area contributed by atoms with Crippen LogP contribution in [-0.4, -0.2) is 24.1 Å². The maximum Gasteiger partial charge on any atom is 0.227 e. The maximum absolute atomic E-state index is 12.6. The van der Waals surface area contributed by atoms with Gasteiger partial charge in [-0.2, -0.15) is 0 Å². The van der Waals surface area contributed by atoms with Crippen molar-refractivity contribution in [2.75, 3.05) is 13.3 Å². The zero-order valence-corrected chi connectivity index (χ0v) is 15.9. The van der Waals surface area contributed by atoms with Crippen molar-refractivity contribution in [3.63, 3.8) is 0 Å². The van der Waals surface area contributed by atoms with E-state index in [9.17, 15) is 4.79 Å². The second-order valence-electron chi connectivity index (χ2n) is 6.42. The van der Waals surface area contributed by atoms with Crippen LogP contribution in [0.3, 0.4) is 0 Å². The standard InChI is InChI=1S/C21H23NO2S/c1-14-5-10-19-17(13-24-21(19)15(14)2)11-20(23)22(3)12-16-6-8-18(25-4)9-7-16/h5-10,13H,11-12H2,1-4H3. The zero-order chi connectivity index (χ0) is 18.0. The quantitative estimate of drug-likeness (QED) is 0.607. The highest BCUT2D eigenvalue weighted by Crippen LogP contribution is 2.27. The summed E-state index contributed by atoms with van der Waals surface area (Å²) < 4.78 is 5.71. The van der Waals surface area contributed by atoms with Crippen LogP contribution < -0.4 is 0 Å². The Morgan fingerprint density at radius 2 is 1.84 bits per heavy atom. The molecule has 0 aliphatic rings. The van der Waals surface area contributed by atoms with Crippen molar-refractivity contribution >= 4 is 28.6 Å². The normalized spacial score (nSPS) is 11.0. The van der Waals surface area contributed by atoms with Gasteiger partial charge in [-0.3, -0.25) is 4.79 Å². The van der Waals surface area contributed by atoms with Crippen LogP contribution in [-0.2, 0) is 17.8 Å². The second-order valence-corrected chi connectivity index (χ2v) is 7.30. The fourth-order valence-corrected chi connectivity index (χ4v) is 3.32. The van der Waals surface area contributed by atoms with Gasteiger partial charge in [-0.05, 0) is 48.9 Å². The molecule has 3 rings (SSSR count). The highest BCUT2D eigenvalue weighted by Gasteiger charge is 2.15. The van der Waals surface area contributed by atoms with Gasteiger partial charge >= 0.3 is 0 Å². The Bertz CT molecular complexity index is 896. The molecule has 3 aromatic rings. The number of thioether (sulfide) groups is 1. The highest BCUT2D eigenvalue weighted by molar-refractivity contribution is 7.98. The molecule has 0 saturated carbocycles. The highest BCUT2D eigenvalue weighted by atomic mass is 32.2. The summed E-state index contributed by atoms with van der Waals surface area (Å²) >= 11 is 1.72. The molecule has 0 bridgehead atoms. The minimum absolute atomic E-state index is 0.0925. The van der Waals surface area contributed by atoms with E-state index in [1.54, 1.807) is 22.9 Å². The van der Waals surface area contributed by atoms with Crippen LogP contribution in [0.2, 0.25) is 0 Å². The monoisotopic (exact) mass is 353 g/mol. The van der Waals surface area contributed by atoms with Gasteiger partial charge in [-0.1, -0.05) is 24.3 Å². The van der Waals surface area contributed by atoms with E-state index in [-0.39, 0.29) is 5.91 Å². The lowest BCUT2D eigenvalue weighted by atomic mass is 10.0. The Balaban J connectivity index is 1.72. The molecule has 0 aliphatic carbocycles. The van der Waals surface area contributed by atoms with Gasteiger partial charge in [0.25, 0.3) is 0 Å². The van der Waals surface area contributed by atoms with E-state index >= 15 is 0 Å². The van der Waals surface area contributed by atoms with Crippen LogP contribution in [0, 0.1) is 13.8 Å². The molecule has 25 heavy (non-hydrogen) atoms. The lowest BCUT2D eigenvalue weighted by molar-refractivity contribution is -0.129. The maximum atomic E-state index is 12.6. The van der Waals surface area contributed by atoms with Crippen LogP contribution in [0.5, 0.6) is 0 Å². The average Bonchev–Trinajstić information content (AvgIpc) is 3.02. The van der Waals surface area contributed by atoms with Crippen molar-refractivity contribution in [1.29, 1.82) is 0 Å². The summed E-state index contributed by atoms with van der Waals surface area (Å²) in [7, 11) is 1.85. The van der Waals surface area contributed by atoms with Gasteiger partial charge in [0, 0.05) is 29.4 Å². The third-order valence-corrected chi connectivity index (χ3v) is 5.43. The van der Waals surface area contributed by atoms with Gasteiger partial charge < -0.3 is 9.32 Å². The Labute approximate surface area is 153 Å². The number of furan rings is 1. The molecule has 0 radical (unpaired) electrons. The Kier molecular flexibility index (Phi) is 5.19. The summed E-state index contributed by atoms with van der Waals surface area (Å²) in [4.78, 5) is 15.6. The molecule has 0 aliphatic heterocycles. The summed E-state index contributed by atoms with van der Waals surface area (Å²) in [5, 5.41) is 1.04. The van der Waals surface area contributed by atoms with Gasteiger partial charge in [0.1, 0.15) is 5.58 Å². The minimum atomic E-state index is 0.0925. The Hall–Kier alpha value is -2.20. The number of amides is 1. The number of carbonyl (C=O) groups is 1. The molecule has 0 unspecified atom stereocenters. The molecule has 1 heterocycles. The number of hydrogen-bond acceptors (Lipinski definition) is 3.